The zero-order valence-electron chi connectivity index (χ0n) is 10.3. The Balaban J connectivity index is 2.68. The highest BCUT2D eigenvalue weighted by atomic mass is 16.4. The van der Waals surface area contributed by atoms with E-state index in [2.05, 4.69) is 15.3 Å². The molecule has 0 aliphatic rings. The standard InChI is InChI=1S/C11H14N4O4/c1-6-4-14-8(5-13-6)10(17)15-7(11(18)19)2-3-9(12)16/h4-5,7H,2-3H2,1H3,(H2,12,16)(H,15,17)(H,18,19)/t7-/m0/s1. The van der Waals surface area contributed by atoms with Crippen LogP contribution in [0.25, 0.3) is 0 Å². The fraction of sp³-hybridized carbons (Fsp3) is 0.364. The Morgan fingerprint density at radius 3 is 2.53 bits per heavy atom. The van der Waals surface area contributed by atoms with Crippen molar-refractivity contribution in [1.82, 2.24) is 15.3 Å². The molecule has 0 saturated carbocycles. The lowest BCUT2D eigenvalue weighted by molar-refractivity contribution is -0.139. The number of carbonyl (C=O) groups excluding carboxylic acids is 2. The Hall–Kier alpha value is -2.51. The highest BCUT2D eigenvalue weighted by Gasteiger charge is 2.21. The Labute approximate surface area is 109 Å². The van der Waals surface area contributed by atoms with Crippen LogP contribution in [-0.4, -0.2) is 38.9 Å². The van der Waals surface area contributed by atoms with Crippen molar-refractivity contribution >= 4 is 17.8 Å². The van der Waals surface area contributed by atoms with Crippen LogP contribution in [0.15, 0.2) is 12.4 Å². The van der Waals surface area contributed by atoms with E-state index in [4.69, 9.17) is 10.8 Å². The molecule has 0 aliphatic heterocycles. The van der Waals surface area contributed by atoms with Crippen LogP contribution >= 0.6 is 0 Å². The highest BCUT2D eigenvalue weighted by Crippen LogP contribution is 2.00. The summed E-state index contributed by atoms with van der Waals surface area (Å²) in [7, 11) is 0. The van der Waals surface area contributed by atoms with Crippen LogP contribution < -0.4 is 11.1 Å². The van der Waals surface area contributed by atoms with E-state index in [0.717, 1.165) is 0 Å². The first-order valence-corrected chi connectivity index (χ1v) is 5.50. The smallest absolute Gasteiger partial charge is 0.326 e. The molecule has 8 nitrogen and oxygen atoms in total. The van der Waals surface area contributed by atoms with Crippen molar-refractivity contribution < 1.29 is 19.5 Å². The van der Waals surface area contributed by atoms with Gasteiger partial charge in [0.15, 0.2) is 0 Å². The van der Waals surface area contributed by atoms with Gasteiger partial charge in [-0.2, -0.15) is 0 Å². The summed E-state index contributed by atoms with van der Waals surface area (Å²) in [5.41, 5.74) is 5.58. The Bertz CT molecular complexity index is 486. The lowest BCUT2D eigenvalue weighted by atomic mass is 10.1. The maximum Gasteiger partial charge on any atom is 0.326 e. The minimum atomic E-state index is -1.24. The molecule has 8 heteroatoms. The van der Waals surface area contributed by atoms with Gasteiger partial charge in [0.25, 0.3) is 5.91 Å². The number of carbonyl (C=O) groups is 3. The van der Waals surface area contributed by atoms with Crippen LogP contribution in [0.3, 0.4) is 0 Å². The Morgan fingerprint density at radius 1 is 1.37 bits per heavy atom. The summed E-state index contributed by atoms with van der Waals surface area (Å²) in [5, 5.41) is 11.2. The predicted octanol–water partition coefficient (Wildman–Crippen LogP) is -0.766. The summed E-state index contributed by atoms with van der Waals surface area (Å²) in [4.78, 5) is 41.0. The molecule has 0 radical (unpaired) electrons. The number of nitrogens with one attached hydrogen (secondary N) is 1. The molecule has 1 rings (SSSR count). The van der Waals surface area contributed by atoms with E-state index in [9.17, 15) is 14.4 Å². The summed E-state index contributed by atoms with van der Waals surface area (Å²) in [5.74, 6) is -2.53. The van der Waals surface area contributed by atoms with Crippen molar-refractivity contribution in [2.75, 3.05) is 0 Å². The Morgan fingerprint density at radius 2 is 2.05 bits per heavy atom. The number of primary amides is 1. The van der Waals surface area contributed by atoms with Gasteiger partial charge in [-0.3, -0.25) is 14.6 Å². The van der Waals surface area contributed by atoms with Crippen LogP contribution in [0.1, 0.15) is 29.0 Å². The molecular formula is C11H14N4O4. The van der Waals surface area contributed by atoms with Gasteiger partial charge in [0.2, 0.25) is 5.91 Å². The summed E-state index contributed by atoms with van der Waals surface area (Å²) in [6.07, 6.45) is 2.44. The molecule has 2 amide bonds. The SMILES string of the molecule is Cc1cnc(C(=O)N[C@@H](CCC(N)=O)C(=O)O)cn1. The third-order valence-corrected chi connectivity index (χ3v) is 2.30. The lowest BCUT2D eigenvalue weighted by Gasteiger charge is -2.13. The second-order valence-corrected chi connectivity index (χ2v) is 3.91. The molecule has 19 heavy (non-hydrogen) atoms. The average molecular weight is 266 g/mol. The number of carboxylic acid groups (broad SMARTS) is 1. The molecule has 1 heterocycles. The highest BCUT2D eigenvalue weighted by molar-refractivity contribution is 5.94. The maximum absolute atomic E-state index is 11.7. The number of amides is 2. The largest absolute Gasteiger partial charge is 0.480 e. The monoisotopic (exact) mass is 266 g/mol. The first-order chi connectivity index (χ1) is 8.90. The van der Waals surface area contributed by atoms with Crippen LogP contribution in [0.4, 0.5) is 0 Å². The van der Waals surface area contributed by atoms with Crippen LogP contribution in [0, 0.1) is 6.92 Å². The second kappa shape index (κ2) is 6.43. The van der Waals surface area contributed by atoms with E-state index in [1.54, 1.807) is 6.92 Å². The Kier molecular flexibility index (Phi) is 4.92. The number of nitrogens with two attached hydrogens (primary N) is 1. The molecule has 1 atom stereocenters. The quantitative estimate of drug-likeness (QED) is 0.618. The van der Waals surface area contributed by atoms with Crippen molar-refractivity contribution in [2.45, 2.75) is 25.8 Å². The van der Waals surface area contributed by atoms with E-state index >= 15 is 0 Å². The van der Waals surface area contributed by atoms with Gasteiger partial charge in [-0.25, -0.2) is 9.78 Å². The fourth-order valence-electron chi connectivity index (χ4n) is 1.29. The molecule has 0 unspecified atom stereocenters. The van der Waals surface area contributed by atoms with E-state index in [1.165, 1.54) is 12.4 Å². The molecule has 0 aromatic carbocycles. The van der Waals surface area contributed by atoms with Gasteiger partial charge in [-0.05, 0) is 13.3 Å². The molecule has 102 valence electrons. The van der Waals surface area contributed by atoms with E-state index in [0.29, 0.717) is 5.69 Å². The normalized spacial score (nSPS) is 11.6. The van der Waals surface area contributed by atoms with Crippen LogP contribution in [0.5, 0.6) is 0 Å². The maximum atomic E-state index is 11.7. The summed E-state index contributed by atoms with van der Waals surface area (Å²) in [6.45, 7) is 1.71. The first-order valence-electron chi connectivity index (χ1n) is 5.50. The van der Waals surface area contributed by atoms with Crippen molar-refractivity contribution in [3.8, 4) is 0 Å². The molecule has 1 aromatic heterocycles. The van der Waals surface area contributed by atoms with E-state index < -0.39 is 23.8 Å². The van der Waals surface area contributed by atoms with Crippen molar-refractivity contribution in [1.29, 1.82) is 0 Å². The minimum Gasteiger partial charge on any atom is -0.480 e. The average Bonchev–Trinajstić information content (AvgIpc) is 2.34. The van der Waals surface area contributed by atoms with Crippen molar-refractivity contribution in [2.24, 2.45) is 5.73 Å². The zero-order valence-corrected chi connectivity index (χ0v) is 10.3. The van der Waals surface area contributed by atoms with Gasteiger partial charge in [-0.1, -0.05) is 0 Å². The number of rotatable bonds is 6. The number of aryl methyl sites for hydroxylation is 1. The molecular weight excluding hydrogens is 252 g/mol. The van der Waals surface area contributed by atoms with Gasteiger partial charge < -0.3 is 16.2 Å². The summed E-state index contributed by atoms with van der Waals surface area (Å²) >= 11 is 0. The third kappa shape index (κ3) is 4.70. The minimum absolute atomic E-state index is 0.0101. The molecule has 0 saturated heterocycles. The lowest BCUT2D eigenvalue weighted by Crippen LogP contribution is -2.41. The van der Waals surface area contributed by atoms with Gasteiger partial charge in [0.05, 0.1) is 11.9 Å². The van der Waals surface area contributed by atoms with E-state index in [-0.39, 0.29) is 18.5 Å². The molecule has 0 bridgehead atoms. The number of aliphatic carboxylic acids is 1. The summed E-state index contributed by atoms with van der Waals surface area (Å²) in [6, 6.07) is -1.19. The first kappa shape index (κ1) is 14.6. The second-order valence-electron chi connectivity index (χ2n) is 3.91. The van der Waals surface area contributed by atoms with Crippen molar-refractivity contribution in [3.05, 3.63) is 23.8 Å². The zero-order chi connectivity index (χ0) is 14.4. The molecule has 0 fully saturated rings. The molecule has 0 aliphatic carbocycles. The van der Waals surface area contributed by atoms with E-state index in [1.807, 2.05) is 0 Å². The number of hydrogen-bond donors (Lipinski definition) is 3. The van der Waals surface area contributed by atoms with Crippen LogP contribution in [0.2, 0.25) is 0 Å². The van der Waals surface area contributed by atoms with Gasteiger partial charge in [0, 0.05) is 12.6 Å². The van der Waals surface area contributed by atoms with Gasteiger partial charge in [0.1, 0.15) is 11.7 Å². The third-order valence-electron chi connectivity index (χ3n) is 2.30. The van der Waals surface area contributed by atoms with Gasteiger partial charge in [-0.15, -0.1) is 0 Å². The molecule has 0 spiro atoms. The number of carboxylic acids is 1. The number of hydrogen-bond acceptors (Lipinski definition) is 5. The van der Waals surface area contributed by atoms with Crippen molar-refractivity contribution in [3.63, 3.8) is 0 Å². The molecule has 4 N–H and O–H groups in total. The number of aromatic nitrogens is 2. The summed E-state index contributed by atoms with van der Waals surface area (Å²) < 4.78 is 0. The van der Waals surface area contributed by atoms with Gasteiger partial charge >= 0.3 is 5.97 Å². The van der Waals surface area contributed by atoms with Crippen LogP contribution in [-0.2, 0) is 9.59 Å². The topological polar surface area (TPSA) is 135 Å². The predicted molar refractivity (Wildman–Crippen MR) is 64.1 cm³/mol. The molecule has 1 aromatic rings. The number of nitrogens with zero attached hydrogens (tertiary/aromatic N) is 2. The fourth-order valence-corrected chi connectivity index (χ4v) is 1.29.